The number of thiophene rings is 1. The topological polar surface area (TPSA) is 72.7 Å². The highest BCUT2D eigenvalue weighted by atomic mass is 32.2. The minimum atomic E-state index is -0.272. The summed E-state index contributed by atoms with van der Waals surface area (Å²) in [5, 5.41) is 9.70. The second-order valence-electron chi connectivity index (χ2n) is 5.32. The van der Waals surface area contributed by atoms with Gasteiger partial charge in [-0.05, 0) is 32.2 Å². The largest absolute Gasteiger partial charge is 0.310 e. The minimum Gasteiger partial charge on any atom is -0.310 e. The molecule has 120 valence electrons. The first kappa shape index (κ1) is 15.9. The van der Waals surface area contributed by atoms with Gasteiger partial charge in [0.25, 0.3) is 0 Å². The summed E-state index contributed by atoms with van der Waals surface area (Å²) in [6.45, 7) is 5.92. The van der Waals surface area contributed by atoms with E-state index in [2.05, 4.69) is 20.4 Å². The zero-order chi connectivity index (χ0) is 16.4. The zero-order valence-corrected chi connectivity index (χ0v) is 14.7. The standard InChI is InChI=1S/C15H17N5OS2/c1-9(2)20-12(4-6-18-20)19-14(21)10(3)23-15-13-11(5-7-22-13)16-8-17-15/h4-10H,1-3H3,(H,19,21)/t10-/m0/s1. The predicted octanol–water partition coefficient (Wildman–Crippen LogP) is 3.59. The molecule has 0 aromatic carbocycles. The molecule has 1 N–H and O–H groups in total. The van der Waals surface area contributed by atoms with Gasteiger partial charge in [-0.1, -0.05) is 11.8 Å². The van der Waals surface area contributed by atoms with E-state index in [9.17, 15) is 4.79 Å². The lowest BCUT2D eigenvalue weighted by molar-refractivity contribution is -0.115. The van der Waals surface area contributed by atoms with Gasteiger partial charge in [-0.3, -0.25) is 4.79 Å². The number of nitrogens with zero attached hydrogens (tertiary/aromatic N) is 4. The third-order valence-corrected chi connectivity index (χ3v) is 5.42. The van der Waals surface area contributed by atoms with Crippen LogP contribution in [0.25, 0.3) is 10.2 Å². The van der Waals surface area contributed by atoms with Crippen LogP contribution in [0, 0.1) is 0 Å². The maximum absolute atomic E-state index is 12.5. The monoisotopic (exact) mass is 347 g/mol. The summed E-state index contributed by atoms with van der Waals surface area (Å²) in [5.41, 5.74) is 0.915. The molecule has 6 nitrogen and oxygen atoms in total. The van der Waals surface area contributed by atoms with Crippen LogP contribution in [0.15, 0.2) is 35.1 Å². The lowest BCUT2D eigenvalue weighted by atomic mass is 10.4. The molecule has 1 amide bonds. The molecule has 0 aliphatic heterocycles. The van der Waals surface area contributed by atoms with E-state index in [-0.39, 0.29) is 17.2 Å². The van der Waals surface area contributed by atoms with Gasteiger partial charge >= 0.3 is 0 Å². The Morgan fingerprint density at radius 2 is 2.13 bits per heavy atom. The number of nitrogens with one attached hydrogen (secondary N) is 1. The number of hydrogen-bond donors (Lipinski definition) is 1. The van der Waals surface area contributed by atoms with Crippen molar-refractivity contribution in [3.05, 3.63) is 30.0 Å². The summed E-state index contributed by atoms with van der Waals surface area (Å²) >= 11 is 3.03. The molecule has 1 atom stereocenters. The second kappa shape index (κ2) is 6.67. The average molecular weight is 347 g/mol. The quantitative estimate of drug-likeness (QED) is 0.564. The van der Waals surface area contributed by atoms with E-state index in [1.807, 2.05) is 32.2 Å². The first-order valence-corrected chi connectivity index (χ1v) is 9.01. The molecule has 23 heavy (non-hydrogen) atoms. The first-order chi connectivity index (χ1) is 11.1. The molecular formula is C15H17N5OS2. The summed E-state index contributed by atoms with van der Waals surface area (Å²) in [6.07, 6.45) is 3.23. The summed E-state index contributed by atoms with van der Waals surface area (Å²) in [7, 11) is 0. The number of amides is 1. The molecule has 3 heterocycles. The fraction of sp³-hybridized carbons (Fsp3) is 0.333. The van der Waals surface area contributed by atoms with Crippen molar-refractivity contribution in [2.75, 3.05) is 5.32 Å². The van der Waals surface area contributed by atoms with Crippen molar-refractivity contribution in [2.45, 2.75) is 37.1 Å². The van der Waals surface area contributed by atoms with Gasteiger partial charge in [0.05, 0.1) is 21.7 Å². The van der Waals surface area contributed by atoms with E-state index < -0.39 is 0 Å². The van der Waals surface area contributed by atoms with E-state index in [0.717, 1.165) is 15.2 Å². The van der Waals surface area contributed by atoms with Gasteiger partial charge < -0.3 is 5.32 Å². The molecular weight excluding hydrogens is 330 g/mol. The van der Waals surface area contributed by atoms with Crippen molar-refractivity contribution in [1.82, 2.24) is 19.7 Å². The molecule has 0 saturated heterocycles. The van der Waals surface area contributed by atoms with E-state index >= 15 is 0 Å². The number of thioether (sulfide) groups is 1. The number of aromatic nitrogens is 4. The maximum Gasteiger partial charge on any atom is 0.238 e. The van der Waals surface area contributed by atoms with Crippen LogP contribution in [0.3, 0.4) is 0 Å². The summed E-state index contributed by atoms with van der Waals surface area (Å²) in [4.78, 5) is 21.0. The van der Waals surface area contributed by atoms with Crippen molar-refractivity contribution in [1.29, 1.82) is 0 Å². The van der Waals surface area contributed by atoms with Crippen LogP contribution in [0.4, 0.5) is 5.82 Å². The number of hydrogen-bond acceptors (Lipinski definition) is 6. The van der Waals surface area contributed by atoms with Crippen molar-refractivity contribution in [2.24, 2.45) is 0 Å². The van der Waals surface area contributed by atoms with Gasteiger partial charge in [-0.25, -0.2) is 14.6 Å². The summed E-state index contributed by atoms with van der Waals surface area (Å²) in [6, 6.07) is 3.95. The minimum absolute atomic E-state index is 0.0688. The number of carbonyl (C=O) groups is 1. The van der Waals surface area contributed by atoms with Gasteiger partial charge in [0.15, 0.2) is 0 Å². The molecule has 0 aliphatic rings. The number of rotatable bonds is 5. The van der Waals surface area contributed by atoms with Crippen LogP contribution in [0.1, 0.15) is 26.8 Å². The molecule has 3 aromatic heterocycles. The Bertz CT molecular complexity index is 826. The molecule has 0 unspecified atom stereocenters. The van der Waals surface area contributed by atoms with Gasteiger partial charge in [0, 0.05) is 12.1 Å². The predicted molar refractivity (Wildman–Crippen MR) is 94.0 cm³/mol. The maximum atomic E-state index is 12.5. The van der Waals surface area contributed by atoms with Crippen molar-refractivity contribution >= 4 is 45.0 Å². The van der Waals surface area contributed by atoms with Crippen molar-refractivity contribution in [3.8, 4) is 0 Å². The summed E-state index contributed by atoms with van der Waals surface area (Å²) in [5.74, 6) is 0.641. The van der Waals surface area contributed by atoms with Gasteiger partial charge in [0.1, 0.15) is 17.2 Å². The molecule has 0 aliphatic carbocycles. The molecule has 0 saturated carbocycles. The highest BCUT2D eigenvalue weighted by Crippen LogP contribution is 2.31. The van der Waals surface area contributed by atoms with Gasteiger partial charge in [0.2, 0.25) is 5.91 Å². The fourth-order valence-electron chi connectivity index (χ4n) is 2.12. The van der Waals surface area contributed by atoms with Crippen LogP contribution >= 0.6 is 23.1 Å². The van der Waals surface area contributed by atoms with Gasteiger partial charge in [-0.2, -0.15) is 5.10 Å². The highest BCUT2D eigenvalue weighted by molar-refractivity contribution is 8.00. The normalized spacial score (nSPS) is 12.7. The van der Waals surface area contributed by atoms with Crippen molar-refractivity contribution in [3.63, 3.8) is 0 Å². The Hall–Kier alpha value is -1.93. The van der Waals surface area contributed by atoms with E-state index in [1.165, 1.54) is 18.1 Å². The van der Waals surface area contributed by atoms with E-state index in [4.69, 9.17) is 0 Å². The van der Waals surface area contributed by atoms with Gasteiger partial charge in [-0.15, -0.1) is 11.3 Å². The smallest absolute Gasteiger partial charge is 0.238 e. The Kier molecular flexibility index (Phi) is 4.63. The molecule has 0 fully saturated rings. The molecule has 8 heteroatoms. The Morgan fingerprint density at radius 1 is 1.30 bits per heavy atom. The van der Waals surface area contributed by atoms with E-state index in [1.54, 1.807) is 28.3 Å². The number of carbonyl (C=O) groups excluding carboxylic acids is 1. The average Bonchev–Trinajstić information content (AvgIpc) is 3.16. The van der Waals surface area contributed by atoms with Crippen LogP contribution in [0.5, 0.6) is 0 Å². The van der Waals surface area contributed by atoms with Crippen LogP contribution in [-0.4, -0.2) is 30.9 Å². The number of anilines is 1. The second-order valence-corrected chi connectivity index (χ2v) is 7.56. The SMILES string of the molecule is CC(C)n1nccc1NC(=O)[C@H](C)Sc1ncnc2ccsc12. The lowest BCUT2D eigenvalue weighted by Gasteiger charge is -2.14. The van der Waals surface area contributed by atoms with Crippen molar-refractivity contribution < 1.29 is 4.79 Å². The number of fused-ring (bicyclic) bond motifs is 1. The third kappa shape index (κ3) is 3.37. The Morgan fingerprint density at radius 3 is 2.91 bits per heavy atom. The molecule has 3 rings (SSSR count). The fourth-order valence-corrected chi connectivity index (χ4v) is 3.96. The molecule has 0 spiro atoms. The zero-order valence-electron chi connectivity index (χ0n) is 13.1. The first-order valence-electron chi connectivity index (χ1n) is 7.25. The third-order valence-electron chi connectivity index (χ3n) is 3.28. The molecule has 3 aromatic rings. The molecule has 0 radical (unpaired) electrons. The Balaban J connectivity index is 1.73. The van der Waals surface area contributed by atoms with E-state index in [0.29, 0.717) is 5.82 Å². The summed E-state index contributed by atoms with van der Waals surface area (Å²) < 4.78 is 2.81. The van der Waals surface area contributed by atoms with Crippen LogP contribution < -0.4 is 5.32 Å². The van der Waals surface area contributed by atoms with Crippen LogP contribution in [-0.2, 0) is 4.79 Å². The Labute approximate surface area is 142 Å². The molecule has 0 bridgehead atoms. The van der Waals surface area contributed by atoms with Crippen LogP contribution in [0.2, 0.25) is 0 Å². The lowest BCUT2D eigenvalue weighted by Crippen LogP contribution is -2.24. The highest BCUT2D eigenvalue weighted by Gasteiger charge is 2.19.